The van der Waals surface area contributed by atoms with Gasteiger partial charge in [0.15, 0.2) is 5.15 Å². The smallest absolute Gasteiger partial charge is 0.408 e. The SMILES string of the molecule is C[C@H](NC(=O)OC(C)(C)C)C(=Nc1ccccc1C(=O)Nc1cccnc1Cl)N1CCCCC1. The Labute approximate surface area is 205 Å². The molecule has 0 radical (unpaired) electrons. The Balaban J connectivity index is 1.90. The number of hydrogen-bond donors (Lipinski definition) is 2. The average molecular weight is 486 g/mol. The molecule has 1 aromatic heterocycles. The summed E-state index contributed by atoms with van der Waals surface area (Å²) < 4.78 is 5.43. The van der Waals surface area contributed by atoms with Crippen molar-refractivity contribution in [2.75, 3.05) is 18.4 Å². The highest BCUT2D eigenvalue weighted by Gasteiger charge is 2.25. The van der Waals surface area contributed by atoms with Gasteiger partial charge < -0.3 is 20.3 Å². The van der Waals surface area contributed by atoms with Crippen molar-refractivity contribution in [2.45, 2.75) is 58.6 Å². The zero-order valence-corrected chi connectivity index (χ0v) is 20.9. The zero-order chi connectivity index (χ0) is 24.7. The van der Waals surface area contributed by atoms with Crippen LogP contribution >= 0.6 is 11.6 Å². The van der Waals surface area contributed by atoms with Gasteiger partial charge in [-0.3, -0.25) is 4.79 Å². The number of nitrogens with zero attached hydrogens (tertiary/aromatic N) is 3. The molecule has 2 aromatic rings. The number of aliphatic imine (C=N–C) groups is 1. The van der Waals surface area contributed by atoms with Crippen LogP contribution in [0.5, 0.6) is 0 Å². The van der Waals surface area contributed by atoms with E-state index in [-0.39, 0.29) is 11.1 Å². The van der Waals surface area contributed by atoms with Crippen molar-refractivity contribution in [3.63, 3.8) is 0 Å². The fourth-order valence-electron chi connectivity index (χ4n) is 3.67. The second kappa shape index (κ2) is 11.3. The standard InChI is InChI=1S/C25H32ClN5O3/c1-17(28-24(33)34-25(2,3)4)22(31-15-8-5-9-16-31)29-19-12-7-6-11-18(19)23(32)30-20-13-10-14-27-21(20)26/h6-7,10-14,17H,5,8-9,15-16H2,1-4H3,(H,28,33)(H,30,32)/t17-/m0/s1. The molecule has 182 valence electrons. The van der Waals surface area contributed by atoms with Crippen LogP contribution in [0.15, 0.2) is 47.6 Å². The molecule has 3 rings (SSSR count). The van der Waals surface area contributed by atoms with E-state index >= 15 is 0 Å². The third-order valence-electron chi connectivity index (χ3n) is 5.19. The summed E-state index contributed by atoms with van der Waals surface area (Å²) in [7, 11) is 0. The van der Waals surface area contributed by atoms with E-state index in [1.165, 1.54) is 0 Å². The van der Waals surface area contributed by atoms with E-state index in [1.54, 1.807) is 36.5 Å². The van der Waals surface area contributed by atoms with E-state index in [0.717, 1.165) is 32.4 Å². The minimum atomic E-state index is -0.607. The lowest BCUT2D eigenvalue weighted by Crippen LogP contribution is -2.49. The number of carbonyl (C=O) groups excluding carboxylic acids is 2. The van der Waals surface area contributed by atoms with Crippen LogP contribution in [0, 0.1) is 0 Å². The van der Waals surface area contributed by atoms with Crippen LogP contribution in [-0.4, -0.2) is 52.5 Å². The quantitative estimate of drug-likeness (QED) is 0.335. The largest absolute Gasteiger partial charge is 0.444 e. The van der Waals surface area contributed by atoms with Crippen LogP contribution in [-0.2, 0) is 4.74 Å². The molecule has 1 aliphatic rings. The van der Waals surface area contributed by atoms with Crippen molar-refractivity contribution in [1.82, 2.24) is 15.2 Å². The first-order chi connectivity index (χ1) is 16.1. The number of rotatable bonds is 5. The molecule has 1 fully saturated rings. The molecule has 1 aromatic carbocycles. The Kier molecular flexibility index (Phi) is 8.50. The topological polar surface area (TPSA) is 95.9 Å². The van der Waals surface area contributed by atoms with Crippen molar-refractivity contribution in [1.29, 1.82) is 0 Å². The van der Waals surface area contributed by atoms with Crippen LogP contribution in [0.4, 0.5) is 16.2 Å². The highest BCUT2D eigenvalue weighted by molar-refractivity contribution is 6.32. The third kappa shape index (κ3) is 7.18. The lowest BCUT2D eigenvalue weighted by molar-refractivity contribution is 0.0518. The number of ether oxygens (including phenoxy) is 1. The Morgan fingerprint density at radius 2 is 1.82 bits per heavy atom. The summed E-state index contributed by atoms with van der Waals surface area (Å²) in [6.45, 7) is 8.99. The van der Waals surface area contributed by atoms with Gasteiger partial charge in [-0.1, -0.05) is 23.7 Å². The van der Waals surface area contributed by atoms with Gasteiger partial charge in [0.25, 0.3) is 5.91 Å². The number of amides is 2. The van der Waals surface area contributed by atoms with E-state index in [1.807, 2.05) is 33.8 Å². The Morgan fingerprint density at radius 3 is 2.50 bits per heavy atom. The molecule has 0 unspecified atom stereocenters. The van der Waals surface area contributed by atoms with Crippen molar-refractivity contribution in [3.05, 3.63) is 53.3 Å². The third-order valence-corrected chi connectivity index (χ3v) is 5.49. The molecule has 0 bridgehead atoms. The first-order valence-corrected chi connectivity index (χ1v) is 11.9. The maximum Gasteiger partial charge on any atom is 0.408 e. The minimum Gasteiger partial charge on any atom is -0.444 e. The summed E-state index contributed by atoms with van der Waals surface area (Å²) in [6.07, 6.45) is 4.28. The molecule has 2 N–H and O–H groups in total. The molecule has 1 atom stereocenters. The first kappa shape index (κ1) is 25.5. The van der Waals surface area contributed by atoms with Gasteiger partial charge in [-0.25, -0.2) is 14.8 Å². The summed E-state index contributed by atoms with van der Waals surface area (Å²) >= 11 is 6.11. The van der Waals surface area contributed by atoms with Crippen molar-refractivity contribution in [3.8, 4) is 0 Å². The lowest BCUT2D eigenvalue weighted by Gasteiger charge is -2.33. The Hall–Kier alpha value is -3.13. The number of para-hydroxylation sites is 1. The average Bonchev–Trinajstić information content (AvgIpc) is 2.78. The van der Waals surface area contributed by atoms with E-state index in [4.69, 9.17) is 21.3 Å². The number of likely N-dealkylation sites (tertiary alicyclic amines) is 1. The Morgan fingerprint density at radius 1 is 1.12 bits per heavy atom. The molecule has 8 nitrogen and oxygen atoms in total. The van der Waals surface area contributed by atoms with Crippen molar-refractivity contribution in [2.24, 2.45) is 4.99 Å². The number of amidine groups is 1. The van der Waals surface area contributed by atoms with Crippen LogP contribution in [0.3, 0.4) is 0 Å². The van der Waals surface area contributed by atoms with Crippen molar-refractivity contribution < 1.29 is 14.3 Å². The maximum atomic E-state index is 13.1. The number of halogens is 1. The molecule has 0 saturated carbocycles. The zero-order valence-electron chi connectivity index (χ0n) is 20.1. The van der Waals surface area contributed by atoms with Crippen LogP contribution in [0.2, 0.25) is 5.15 Å². The number of carbonyl (C=O) groups is 2. The molecule has 0 aliphatic carbocycles. The highest BCUT2D eigenvalue weighted by atomic mass is 35.5. The number of piperidine rings is 1. The fourth-order valence-corrected chi connectivity index (χ4v) is 3.84. The number of benzene rings is 1. The summed E-state index contributed by atoms with van der Waals surface area (Å²) in [5.41, 5.74) is 0.703. The van der Waals surface area contributed by atoms with Crippen LogP contribution < -0.4 is 10.6 Å². The van der Waals surface area contributed by atoms with E-state index in [9.17, 15) is 9.59 Å². The van der Waals surface area contributed by atoms with E-state index in [2.05, 4.69) is 20.5 Å². The van der Waals surface area contributed by atoms with Gasteiger partial charge in [-0.15, -0.1) is 0 Å². The van der Waals surface area contributed by atoms with E-state index < -0.39 is 17.7 Å². The van der Waals surface area contributed by atoms with Crippen LogP contribution in [0.25, 0.3) is 0 Å². The fraction of sp³-hybridized carbons (Fsp3) is 0.440. The van der Waals surface area contributed by atoms with Gasteiger partial charge in [-0.2, -0.15) is 0 Å². The monoisotopic (exact) mass is 485 g/mol. The number of aromatic nitrogens is 1. The van der Waals surface area contributed by atoms with Crippen molar-refractivity contribution >= 4 is 40.8 Å². The number of anilines is 1. The van der Waals surface area contributed by atoms with Gasteiger partial charge >= 0.3 is 6.09 Å². The molecular weight excluding hydrogens is 454 g/mol. The lowest BCUT2D eigenvalue weighted by atomic mass is 10.1. The molecule has 34 heavy (non-hydrogen) atoms. The number of hydrogen-bond acceptors (Lipinski definition) is 5. The predicted octanol–water partition coefficient (Wildman–Crippen LogP) is 5.42. The second-order valence-corrected chi connectivity index (χ2v) is 9.56. The van der Waals surface area contributed by atoms with Gasteiger partial charge in [0.05, 0.1) is 23.0 Å². The molecular formula is C25H32ClN5O3. The van der Waals surface area contributed by atoms with E-state index in [0.29, 0.717) is 22.8 Å². The second-order valence-electron chi connectivity index (χ2n) is 9.20. The van der Waals surface area contributed by atoms with Crippen LogP contribution in [0.1, 0.15) is 57.3 Å². The normalized spacial score (nSPS) is 15.4. The number of nitrogens with one attached hydrogen (secondary N) is 2. The number of pyridine rings is 1. The van der Waals surface area contributed by atoms with Gasteiger partial charge in [0.2, 0.25) is 0 Å². The molecule has 0 spiro atoms. The molecule has 1 saturated heterocycles. The summed E-state index contributed by atoms with van der Waals surface area (Å²) in [4.78, 5) is 36.6. The molecule has 9 heteroatoms. The highest BCUT2D eigenvalue weighted by Crippen LogP contribution is 2.24. The maximum absolute atomic E-state index is 13.1. The van der Waals surface area contributed by atoms with Gasteiger partial charge in [0.1, 0.15) is 11.4 Å². The van der Waals surface area contributed by atoms with Gasteiger partial charge in [0, 0.05) is 19.3 Å². The number of alkyl carbamates (subject to hydrolysis) is 1. The summed E-state index contributed by atoms with van der Waals surface area (Å²) in [6, 6.07) is 10.1. The van der Waals surface area contributed by atoms with Gasteiger partial charge in [-0.05, 0) is 71.2 Å². The minimum absolute atomic E-state index is 0.209. The molecule has 2 heterocycles. The summed E-state index contributed by atoms with van der Waals surface area (Å²) in [5, 5.41) is 5.90. The Bertz CT molecular complexity index is 1040. The first-order valence-electron chi connectivity index (χ1n) is 11.5. The molecule has 2 amide bonds. The predicted molar refractivity (Wildman–Crippen MR) is 135 cm³/mol. The molecule has 1 aliphatic heterocycles. The summed E-state index contributed by atoms with van der Waals surface area (Å²) in [5.74, 6) is 0.338.